The molecule has 0 bridgehead atoms. The lowest BCUT2D eigenvalue weighted by atomic mass is 10.1. The van der Waals surface area contributed by atoms with Crippen molar-refractivity contribution in [2.45, 2.75) is 27.2 Å². The van der Waals surface area contributed by atoms with Crippen LogP contribution >= 0.6 is 11.6 Å². The summed E-state index contributed by atoms with van der Waals surface area (Å²) in [6.07, 6.45) is 0.974. The Hall–Kier alpha value is -1.75. The lowest BCUT2D eigenvalue weighted by Gasteiger charge is -2.24. The van der Waals surface area contributed by atoms with Crippen molar-refractivity contribution in [2.75, 3.05) is 18.4 Å². The molecule has 2 N–H and O–H groups in total. The minimum Gasteiger partial charge on any atom is -0.478 e. The number of nitrogens with zero attached hydrogens (tertiary/aromatic N) is 1. The van der Waals surface area contributed by atoms with Gasteiger partial charge in [-0.05, 0) is 25.0 Å². The van der Waals surface area contributed by atoms with Gasteiger partial charge in [0.25, 0.3) is 0 Å². The van der Waals surface area contributed by atoms with Gasteiger partial charge in [-0.2, -0.15) is 0 Å². The number of benzene rings is 1. The fraction of sp³-hybridized carbons (Fsp3) is 0.467. The second-order valence-corrected chi connectivity index (χ2v) is 5.36. The van der Waals surface area contributed by atoms with E-state index in [1.54, 1.807) is 11.0 Å². The molecule has 1 rings (SSSR count). The SMILES string of the molecule is CCC(C)CN(CC)C(=O)Nc1cccc(Cl)c1C(=O)O. The van der Waals surface area contributed by atoms with Crippen LogP contribution in [0, 0.1) is 5.92 Å². The van der Waals surface area contributed by atoms with Crippen LogP contribution in [0.4, 0.5) is 10.5 Å². The molecule has 21 heavy (non-hydrogen) atoms. The van der Waals surface area contributed by atoms with Gasteiger partial charge in [-0.15, -0.1) is 0 Å². The van der Waals surface area contributed by atoms with Gasteiger partial charge in [-0.3, -0.25) is 0 Å². The average Bonchev–Trinajstić information content (AvgIpc) is 2.43. The van der Waals surface area contributed by atoms with E-state index in [-0.39, 0.29) is 22.3 Å². The topological polar surface area (TPSA) is 69.6 Å². The molecule has 1 aromatic rings. The Morgan fingerprint density at radius 2 is 2.05 bits per heavy atom. The van der Waals surface area contributed by atoms with Crippen molar-refractivity contribution in [3.63, 3.8) is 0 Å². The molecule has 1 atom stereocenters. The molecule has 5 nitrogen and oxygen atoms in total. The number of aromatic carboxylic acids is 1. The van der Waals surface area contributed by atoms with Crippen molar-refractivity contribution in [2.24, 2.45) is 5.92 Å². The summed E-state index contributed by atoms with van der Waals surface area (Å²) in [5, 5.41) is 11.9. The van der Waals surface area contributed by atoms with Crippen LogP contribution in [0.2, 0.25) is 5.02 Å². The van der Waals surface area contributed by atoms with Crippen LogP contribution in [-0.2, 0) is 0 Å². The Labute approximate surface area is 129 Å². The van der Waals surface area contributed by atoms with Crippen molar-refractivity contribution in [1.29, 1.82) is 0 Å². The van der Waals surface area contributed by atoms with Crippen LogP contribution in [0.15, 0.2) is 18.2 Å². The van der Waals surface area contributed by atoms with E-state index in [1.165, 1.54) is 12.1 Å². The highest BCUT2D eigenvalue weighted by molar-refractivity contribution is 6.34. The average molecular weight is 313 g/mol. The minimum atomic E-state index is -1.17. The second kappa shape index (κ2) is 7.88. The lowest BCUT2D eigenvalue weighted by molar-refractivity contribution is 0.0698. The summed E-state index contributed by atoms with van der Waals surface area (Å²) in [5.41, 5.74) is 0.120. The molecule has 0 heterocycles. The molecule has 0 radical (unpaired) electrons. The first-order valence-electron chi connectivity index (χ1n) is 6.98. The number of carboxylic acid groups (broad SMARTS) is 1. The largest absolute Gasteiger partial charge is 0.478 e. The number of amides is 2. The summed E-state index contributed by atoms with van der Waals surface area (Å²) in [4.78, 5) is 25.2. The third-order valence-electron chi connectivity index (χ3n) is 3.37. The van der Waals surface area contributed by atoms with Crippen molar-refractivity contribution in [3.05, 3.63) is 28.8 Å². The molecule has 0 aromatic heterocycles. The zero-order valence-electron chi connectivity index (χ0n) is 12.5. The molecule has 0 aliphatic carbocycles. The molecule has 6 heteroatoms. The van der Waals surface area contributed by atoms with E-state index in [9.17, 15) is 14.7 Å². The summed E-state index contributed by atoms with van der Waals surface area (Å²) in [6.45, 7) is 7.20. The van der Waals surface area contributed by atoms with Gasteiger partial charge in [0.2, 0.25) is 0 Å². The summed E-state index contributed by atoms with van der Waals surface area (Å²) < 4.78 is 0. The van der Waals surface area contributed by atoms with Gasteiger partial charge in [0.1, 0.15) is 5.56 Å². The van der Waals surface area contributed by atoms with Crippen molar-refractivity contribution in [1.82, 2.24) is 4.90 Å². The van der Waals surface area contributed by atoms with Crippen molar-refractivity contribution in [3.8, 4) is 0 Å². The number of nitrogens with one attached hydrogen (secondary N) is 1. The normalized spacial score (nSPS) is 11.8. The third-order valence-corrected chi connectivity index (χ3v) is 3.68. The number of carbonyl (C=O) groups excluding carboxylic acids is 1. The van der Waals surface area contributed by atoms with Crippen molar-refractivity contribution >= 4 is 29.3 Å². The van der Waals surface area contributed by atoms with Crippen LogP contribution in [0.25, 0.3) is 0 Å². The molecule has 0 aliphatic rings. The Kier molecular flexibility index (Phi) is 6.49. The molecule has 116 valence electrons. The maximum absolute atomic E-state index is 12.3. The Morgan fingerprint density at radius 1 is 1.38 bits per heavy atom. The highest BCUT2D eigenvalue weighted by Crippen LogP contribution is 2.24. The molecule has 2 amide bonds. The smallest absolute Gasteiger partial charge is 0.339 e. The lowest BCUT2D eigenvalue weighted by Crippen LogP contribution is -2.38. The zero-order chi connectivity index (χ0) is 16.0. The van der Waals surface area contributed by atoms with Gasteiger partial charge in [-0.1, -0.05) is 37.9 Å². The molecule has 0 spiro atoms. The van der Waals surface area contributed by atoms with E-state index in [4.69, 9.17) is 11.6 Å². The van der Waals surface area contributed by atoms with Gasteiger partial charge in [0.05, 0.1) is 10.7 Å². The first-order valence-corrected chi connectivity index (χ1v) is 7.36. The number of carbonyl (C=O) groups is 2. The van der Waals surface area contributed by atoms with Gasteiger partial charge in [0.15, 0.2) is 0 Å². The van der Waals surface area contributed by atoms with Gasteiger partial charge >= 0.3 is 12.0 Å². The molecule has 0 saturated carbocycles. The van der Waals surface area contributed by atoms with Crippen LogP contribution < -0.4 is 5.32 Å². The second-order valence-electron chi connectivity index (χ2n) is 4.95. The number of anilines is 1. The number of rotatable bonds is 6. The highest BCUT2D eigenvalue weighted by Gasteiger charge is 2.19. The fourth-order valence-electron chi connectivity index (χ4n) is 1.90. The molecule has 0 fully saturated rings. The first-order chi connectivity index (χ1) is 9.90. The zero-order valence-corrected chi connectivity index (χ0v) is 13.3. The molecule has 1 aromatic carbocycles. The van der Waals surface area contributed by atoms with E-state index in [1.807, 2.05) is 6.92 Å². The Balaban J connectivity index is 2.92. The molecule has 0 saturated heterocycles. The molecular weight excluding hydrogens is 292 g/mol. The van der Waals surface area contributed by atoms with Crippen LogP contribution in [-0.4, -0.2) is 35.1 Å². The maximum atomic E-state index is 12.3. The molecule has 1 unspecified atom stereocenters. The van der Waals surface area contributed by atoms with Gasteiger partial charge in [-0.25, -0.2) is 9.59 Å². The van der Waals surface area contributed by atoms with E-state index in [2.05, 4.69) is 19.2 Å². The summed E-state index contributed by atoms with van der Waals surface area (Å²) in [5.74, 6) is -0.783. The summed E-state index contributed by atoms with van der Waals surface area (Å²) in [6, 6.07) is 4.31. The summed E-state index contributed by atoms with van der Waals surface area (Å²) in [7, 11) is 0. The van der Waals surface area contributed by atoms with E-state index < -0.39 is 5.97 Å². The fourth-order valence-corrected chi connectivity index (χ4v) is 2.16. The predicted octanol–water partition coefficient (Wildman–Crippen LogP) is 3.94. The Bertz CT molecular complexity index is 520. The third kappa shape index (κ3) is 4.63. The van der Waals surface area contributed by atoms with E-state index >= 15 is 0 Å². The number of halogens is 1. The van der Waals surface area contributed by atoms with E-state index in [0.29, 0.717) is 19.0 Å². The minimum absolute atomic E-state index is 0.0906. The molecule has 0 aliphatic heterocycles. The Morgan fingerprint density at radius 3 is 2.57 bits per heavy atom. The van der Waals surface area contributed by atoms with Crippen LogP contribution in [0.3, 0.4) is 0 Å². The van der Waals surface area contributed by atoms with E-state index in [0.717, 1.165) is 6.42 Å². The van der Waals surface area contributed by atoms with Crippen LogP contribution in [0.5, 0.6) is 0 Å². The van der Waals surface area contributed by atoms with Crippen molar-refractivity contribution < 1.29 is 14.7 Å². The first kappa shape index (κ1) is 17.3. The number of hydrogen-bond acceptors (Lipinski definition) is 2. The summed E-state index contributed by atoms with van der Waals surface area (Å²) >= 11 is 5.88. The standard InChI is InChI=1S/C15H21ClN2O3/c1-4-10(3)9-18(5-2)15(21)17-12-8-6-7-11(16)13(12)14(19)20/h6-8,10H,4-5,9H2,1-3H3,(H,17,21)(H,19,20). The quantitative estimate of drug-likeness (QED) is 0.836. The van der Waals surface area contributed by atoms with Gasteiger partial charge in [0, 0.05) is 13.1 Å². The number of urea groups is 1. The number of hydrogen-bond donors (Lipinski definition) is 2. The molecular formula is C15H21ClN2O3. The maximum Gasteiger partial charge on any atom is 0.339 e. The monoisotopic (exact) mass is 312 g/mol. The van der Waals surface area contributed by atoms with Gasteiger partial charge < -0.3 is 15.3 Å². The number of carboxylic acids is 1. The predicted molar refractivity (Wildman–Crippen MR) is 84.1 cm³/mol. The van der Waals surface area contributed by atoms with Crippen LogP contribution in [0.1, 0.15) is 37.6 Å². The highest BCUT2D eigenvalue weighted by atomic mass is 35.5.